The Morgan fingerprint density at radius 3 is 1.87 bits per heavy atom. The van der Waals surface area contributed by atoms with Crippen LogP contribution in [-0.2, 0) is 47.4 Å². The molecule has 23 heteroatoms. The molecule has 0 aromatic rings. The number of fused-ring (bicyclic) bond motifs is 7. The van der Waals surface area contributed by atoms with E-state index in [2.05, 4.69) is 26.8 Å². The van der Waals surface area contributed by atoms with Gasteiger partial charge in [0.25, 0.3) is 0 Å². The fraction of sp³-hybridized carbons (Fsp3) is 0.923. The van der Waals surface area contributed by atoms with Gasteiger partial charge in [-0.2, -0.15) is 0 Å². The van der Waals surface area contributed by atoms with Crippen molar-refractivity contribution in [3.8, 4) is 0 Å². The number of hydrogen-bond donors (Lipinski definition) is 13. The summed E-state index contributed by atoms with van der Waals surface area (Å²) in [5.74, 6) is 2.16. The highest BCUT2D eigenvalue weighted by molar-refractivity contribution is 5.31. The van der Waals surface area contributed by atoms with E-state index in [-0.39, 0.29) is 41.5 Å². The molecule has 7 fully saturated rings. The molecule has 3 saturated carbocycles. The molecule has 30 atom stereocenters. The minimum atomic E-state index is -1.88. The van der Waals surface area contributed by atoms with Gasteiger partial charge in [0.2, 0.25) is 0 Å². The van der Waals surface area contributed by atoms with E-state index in [4.69, 9.17) is 47.4 Å². The van der Waals surface area contributed by atoms with Gasteiger partial charge < -0.3 is 114 Å². The normalized spacial score (nSPS) is 51.7. The third-order valence-corrected chi connectivity index (χ3v) is 19.1. The van der Waals surface area contributed by atoms with Crippen LogP contribution >= 0.6 is 0 Å². The third-order valence-electron chi connectivity index (χ3n) is 19.1. The SMILES string of the molecule is CO[C@@H](C[C@@H](C)CO[C@@H]1O[C@H](CO)[C@@H](O)[C@H](O)[C@H]1O)C1=C(C)[C@H]2[C@H](C[C@H]3[C@@H]4CC=C5C[C@@H](O[C@@H]6O[C@H](CO)[C@@H](O)[C@H](O[C@@H]7O[C@H](CO)[C@@H](O)[C@H](O)[C@H]7O)[C@H]6O[C@@H]6O[C@@H](C)[C@H](O)[C@@H](O)[C@H]6O)CC[C@]5(C)[C@H]4CC[C@@]32C)O1. The first-order chi connectivity index (χ1) is 35.6. The highest BCUT2D eigenvalue weighted by atomic mass is 16.8. The molecule has 9 aliphatic rings. The zero-order chi connectivity index (χ0) is 54.2. The van der Waals surface area contributed by atoms with Crippen LogP contribution in [0.3, 0.4) is 0 Å². The molecule has 0 radical (unpaired) electrons. The summed E-state index contributed by atoms with van der Waals surface area (Å²) >= 11 is 0. The van der Waals surface area contributed by atoms with Crippen LogP contribution in [0, 0.1) is 40.4 Å². The van der Waals surface area contributed by atoms with Gasteiger partial charge in [0.1, 0.15) is 110 Å². The number of allylic oxidation sites excluding steroid dienone is 1. The van der Waals surface area contributed by atoms with E-state index in [1.165, 1.54) is 18.1 Å². The Kier molecular flexibility index (Phi) is 17.9. The second-order valence-electron chi connectivity index (χ2n) is 23.6. The third kappa shape index (κ3) is 10.6. The summed E-state index contributed by atoms with van der Waals surface area (Å²) in [4.78, 5) is 0. The molecule has 5 heterocycles. The minimum Gasteiger partial charge on any atom is -0.491 e. The van der Waals surface area contributed by atoms with Crippen LogP contribution < -0.4 is 0 Å². The lowest BCUT2D eigenvalue weighted by Gasteiger charge is -2.58. The Labute approximate surface area is 436 Å². The van der Waals surface area contributed by atoms with Crippen LogP contribution in [0.4, 0.5) is 0 Å². The molecule has 0 unspecified atom stereocenters. The van der Waals surface area contributed by atoms with Crippen molar-refractivity contribution in [2.75, 3.05) is 33.5 Å². The average molecular weight is 1080 g/mol. The van der Waals surface area contributed by atoms with E-state index in [9.17, 15) is 66.4 Å². The first kappa shape index (κ1) is 58.1. The summed E-state index contributed by atoms with van der Waals surface area (Å²) in [6.07, 6.45) is -22.7. The quantitative estimate of drug-likeness (QED) is 0.0715. The van der Waals surface area contributed by atoms with Crippen molar-refractivity contribution in [3.05, 3.63) is 23.0 Å². The van der Waals surface area contributed by atoms with Gasteiger partial charge in [-0.15, -0.1) is 0 Å². The van der Waals surface area contributed by atoms with Crippen LogP contribution in [0.2, 0.25) is 0 Å². The van der Waals surface area contributed by atoms with E-state index in [0.29, 0.717) is 37.0 Å². The summed E-state index contributed by atoms with van der Waals surface area (Å²) < 4.78 is 61.2. The van der Waals surface area contributed by atoms with E-state index < -0.39 is 149 Å². The molecule has 430 valence electrons. The largest absolute Gasteiger partial charge is 0.491 e. The predicted octanol–water partition coefficient (Wildman–Crippen LogP) is -2.43. The Morgan fingerprint density at radius 2 is 1.23 bits per heavy atom. The number of aliphatic hydroxyl groups excluding tert-OH is 13. The maximum Gasteiger partial charge on any atom is 0.187 e. The number of rotatable bonds is 16. The van der Waals surface area contributed by atoms with Gasteiger partial charge in [0, 0.05) is 13.0 Å². The van der Waals surface area contributed by atoms with E-state index in [1.807, 2.05) is 6.92 Å². The minimum absolute atomic E-state index is 0.00788. The highest BCUT2D eigenvalue weighted by Gasteiger charge is 2.65. The molecule has 4 saturated heterocycles. The van der Waals surface area contributed by atoms with Crippen molar-refractivity contribution in [3.63, 3.8) is 0 Å². The molecule has 0 bridgehead atoms. The molecule has 75 heavy (non-hydrogen) atoms. The first-order valence-corrected chi connectivity index (χ1v) is 27.0. The zero-order valence-corrected chi connectivity index (χ0v) is 43.6. The summed E-state index contributed by atoms with van der Waals surface area (Å²) in [5, 5.41) is 137. The maximum atomic E-state index is 11.6. The van der Waals surface area contributed by atoms with Crippen molar-refractivity contribution in [2.24, 2.45) is 40.4 Å². The molecule has 5 aliphatic heterocycles. The molecule has 0 amide bonds. The Morgan fingerprint density at radius 1 is 0.653 bits per heavy atom. The summed E-state index contributed by atoms with van der Waals surface area (Å²) in [5.41, 5.74) is 2.28. The molecule has 0 spiro atoms. The molecule has 13 N–H and O–H groups in total. The lowest BCUT2D eigenvalue weighted by Crippen LogP contribution is -2.67. The predicted molar refractivity (Wildman–Crippen MR) is 255 cm³/mol. The lowest BCUT2D eigenvalue weighted by atomic mass is 9.47. The Bertz CT molecular complexity index is 1990. The summed E-state index contributed by atoms with van der Waals surface area (Å²) in [6, 6.07) is 0. The Hall–Kier alpha value is -1.60. The second kappa shape index (κ2) is 23.1. The van der Waals surface area contributed by atoms with Crippen molar-refractivity contribution in [1.29, 1.82) is 0 Å². The zero-order valence-electron chi connectivity index (χ0n) is 43.6. The number of methoxy groups -OCH3 is 1. The van der Waals surface area contributed by atoms with Gasteiger partial charge in [0.05, 0.1) is 38.6 Å². The second-order valence-corrected chi connectivity index (χ2v) is 23.6. The molecule has 9 rings (SSSR count). The fourth-order valence-electron chi connectivity index (χ4n) is 14.8. The van der Waals surface area contributed by atoms with E-state index in [0.717, 1.165) is 37.9 Å². The molecular formula is C52H84O23. The Balaban J connectivity index is 0.883. The van der Waals surface area contributed by atoms with Crippen molar-refractivity contribution < 1.29 is 114 Å². The fourth-order valence-corrected chi connectivity index (χ4v) is 14.8. The molecule has 4 aliphatic carbocycles. The molecular weight excluding hydrogens is 993 g/mol. The smallest absolute Gasteiger partial charge is 0.187 e. The number of hydrogen-bond acceptors (Lipinski definition) is 23. The van der Waals surface area contributed by atoms with Gasteiger partial charge >= 0.3 is 0 Å². The van der Waals surface area contributed by atoms with Crippen LogP contribution in [0.5, 0.6) is 0 Å². The highest BCUT2D eigenvalue weighted by Crippen LogP contribution is 2.69. The molecule has 0 aromatic carbocycles. The standard InChI is InChI=1S/C52H84O23/c1-20(19-67-47-41(63)39(61)35(57)30(16-53)71-47)13-29(66-6)44-21(2)33-28(70-44)15-27-25-8-7-23-14-24(9-11-51(23,4)26(25)10-12-52(27,33)5)69-50-46(75-48-42(64)38(60)34(56)22(3)68-48)45(37(59)32(18-55)73-50)74-49-43(65)40(62)36(58)31(17-54)72-49/h7,20,22,24-43,45-50,53-65H,8-19H2,1-6H3/t20-,22+,24+,25-,26+,27+,28+,29+,30-,31-,32-,33+,34+,35-,36-,37-,38-,39+,40+,41-,42-,43-,45+,46-,47-,48+,49+,50-,51+,52+/m1/s1. The first-order valence-electron chi connectivity index (χ1n) is 27.0. The van der Waals surface area contributed by atoms with E-state index in [1.54, 1.807) is 7.11 Å². The van der Waals surface area contributed by atoms with Crippen molar-refractivity contribution in [1.82, 2.24) is 0 Å². The van der Waals surface area contributed by atoms with E-state index >= 15 is 0 Å². The van der Waals surface area contributed by atoms with Crippen molar-refractivity contribution >= 4 is 0 Å². The van der Waals surface area contributed by atoms with Gasteiger partial charge in [-0.25, -0.2) is 0 Å². The van der Waals surface area contributed by atoms with Crippen LogP contribution in [0.25, 0.3) is 0 Å². The topological polar surface area (TPSA) is 355 Å². The summed E-state index contributed by atoms with van der Waals surface area (Å²) in [7, 11) is 1.66. The van der Waals surface area contributed by atoms with Gasteiger partial charge in [-0.05, 0) is 105 Å². The number of ether oxygens (including phenoxy) is 10. The molecule has 0 aromatic heterocycles. The van der Waals surface area contributed by atoms with Gasteiger partial charge in [0.15, 0.2) is 25.2 Å². The van der Waals surface area contributed by atoms with Gasteiger partial charge in [-0.3, -0.25) is 0 Å². The van der Waals surface area contributed by atoms with Crippen molar-refractivity contribution in [2.45, 2.75) is 227 Å². The van der Waals surface area contributed by atoms with Crippen LogP contribution in [0.15, 0.2) is 23.0 Å². The average Bonchev–Trinajstić information content (AvgIpc) is 3.89. The van der Waals surface area contributed by atoms with Gasteiger partial charge in [-0.1, -0.05) is 32.4 Å². The summed E-state index contributed by atoms with van der Waals surface area (Å²) in [6.45, 7) is 8.54. The maximum absolute atomic E-state index is 11.6. The number of aliphatic hydroxyl groups is 13. The van der Waals surface area contributed by atoms with Crippen LogP contribution in [-0.4, -0.2) is 241 Å². The van der Waals surface area contributed by atoms with Crippen LogP contribution in [0.1, 0.15) is 86.0 Å². The monoisotopic (exact) mass is 1080 g/mol. The lowest BCUT2D eigenvalue weighted by molar-refractivity contribution is -0.394. The molecule has 23 nitrogen and oxygen atoms in total.